The molecule has 0 saturated heterocycles. The van der Waals surface area contributed by atoms with Crippen LogP contribution in [0, 0.1) is 18.0 Å². The van der Waals surface area contributed by atoms with E-state index in [9.17, 15) is 8.78 Å². The summed E-state index contributed by atoms with van der Waals surface area (Å²) in [4.78, 5) is 21.5. The molecule has 166 valence electrons. The van der Waals surface area contributed by atoms with Crippen LogP contribution in [-0.4, -0.2) is 19.9 Å². The van der Waals surface area contributed by atoms with Crippen molar-refractivity contribution < 1.29 is 29.8 Å². The third kappa shape index (κ3) is 4.21. The first kappa shape index (κ1) is 22.9. The first-order valence-corrected chi connectivity index (χ1v) is 9.98. The summed E-state index contributed by atoms with van der Waals surface area (Å²) in [7, 11) is 0. The molecule has 0 radical (unpaired) electrons. The Bertz CT molecular complexity index is 1450. The maximum atomic E-state index is 14.2. The van der Waals surface area contributed by atoms with Crippen LogP contribution in [0.2, 0.25) is 0 Å². The van der Waals surface area contributed by atoms with Crippen LogP contribution in [0.1, 0.15) is 25.2 Å². The second-order valence-electron chi connectivity index (χ2n) is 7.90. The SMILES string of the molecule is CC(C)(c1cccc(-c2[c-]cc(F)nc2F)n1)c1cccc(-c2[n-]cc3ccncc23)n1.[Pt+2]. The van der Waals surface area contributed by atoms with E-state index in [-0.39, 0.29) is 26.6 Å². The minimum Gasteiger partial charge on any atom is -0.661 e. The van der Waals surface area contributed by atoms with Gasteiger partial charge in [0.25, 0.3) is 0 Å². The maximum absolute atomic E-state index is 14.2. The van der Waals surface area contributed by atoms with Crippen molar-refractivity contribution in [3.63, 3.8) is 0 Å². The average Bonchev–Trinajstić information content (AvgIpc) is 3.23. The quantitative estimate of drug-likeness (QED) is 0.207. The first-order valence-electron chi connectivity index (χ1n) is 9.98. The van der Waals surface area contributed by atoms with Gasteiger partial charge in [-0.25, -0.2) is 8.78 Å². The fourth-order valence-electron chi connectivity index (χ4n) is 3.64. The van der Waals surface area contributed by atoms with E-state index in [1.165, 1.54) is 0 Å². The predicted molar refractivity (Wildman–Crippen MR) is 117 cm³/mol. The van der Waals surface area contributed by atoms with Gasteiger partial charge in [-0.15, -0.1) is 11.8 Å². The van der Waals surface area contributed by atoms with Gasteiger partial charge in [-0.05, 0) is 54.6 Å². The van der Waals surface area contributed by atoms with E-state index >= 15 is 0 Å². The van der Waals surface area contributed by atoms with Gasteiger partial charge in [0.2, 0.25) is 0 Å². The molecule has 5 aromatic heterocycles. The molecule has 0 aliphatic heterocycles. The van der Waals surface area contributed by atoms with Crippen LogP contribution in [0.3, 0.4) is 0 Å². The summed E-state index contributed by atoms with van der Waals surface area (Å²) in [5.74, 6) is -1.87. The van der Waals surface area contributed by atoms with Gasteiger partial charge in [0.15, 0.2) is 0 Å². The third-order valence-electron chi connectivity index (χ3n) is 5.47. The third-order valence-corrected chi connectivity index (χ3v) is 5.47. The minimum absolute atomic E-state index is 0. The fraction of sp³-hybridized carbons (Fsp3) is 0.120. The van der Waals surface area contributed by atoms with Crippen molar-refractivity contribution in [2.24, 2.45) is 0 Å². The van der Waals surface area contributed by atoms with Crippen LogP contribution < -0.4 is 4.98 Å². The second kappa shape index (κ2) is 8.91. The van der Waals surface area contributed by atoms with E-state index in [1.54, 1.807) is 30.7 Å². The summed E-state index contributed by atoms with van der Waals surface area (Å²) in [5.41, 5.74) is 2.70. The molecule has 5 rings (SSSR count). The van der Waals surface area contributed by atoms with Crippen LogP contribution >= 0.6 is 0 Å². The number of hydrogen-bond acceptors (Lipinski definition) is 4. The van der Waals surface area contributed by atoms with E-state index in [0.717, 1.165) is 33.9 Å². The Morgan fingerprint density at radius 3 is 2.33 bits per heavy atom. The molecule has 0 N–H and O–H groups in total. The van der Waals surface area contributed by atoms with Crippen molar-refractivity contribution in [3.8, 4) is 22.6 Å². The molecule has 8 heteroatoms. The zero-order chi connectivity index (χ0) is 22.3. The average molecular weight is 621 g/mol. The zero-order valence-corrected chi connectivity index (χ0v) is 19.9. The molecule has 0 spiro atoms. The number of nitrogens with zero attached hydrogens (tertiary/aromatic N) is 5. The van der Waals surface area contributed by atoms with Crippen molar-refractivity contribution in [2.45, 2.75) is 19.3 Å². The molecule has 0 aliphatic rings. The van der Waals surface area contributed by atoms with Gasteiger partial charge in [-0.2, -0.15) is 6.20 Å². The molecule has 0 fully saturated rings. The number of hydrogen-bond donors (Lipinski definition) is 0. The number of fused-ring (bicyclic) bond motifs is 1. The van der Waals surface area contributed by atoms with E-state index in [4.69, 9.17) is 4.98 Å². The summed E-state index contributed by atoms with van der Waals surface area (Å²) < 4.78 is 27.4. The monoisotopic (exact) mass is 620 g/mol. The molecule has 0 bridgehead atoms. The second-order valence-corrected chi connectivity index (χ2v) is 7.90. The molecule has 5 heterocycles. The molecule has 33 heavy (non-hydrogen) atoms. The van der Waals surface area contributed by atoms with Crippen LogP contribution in [-0.2, 0) is 26.5 Å². The standard InChI is InChI=1S/C25H17F2N5.Pt/c1-25(2,20-7-3-5-18(30-20)16-9-10-22(26)32-24(16)27)21-8-4-6-19(31-21)23-17-14-28-12-11-15(17)13-29-23;/h3-8,10-14H,1-2H3;/q-2;+2. The van der Waals surface area contributed by atoms with Crippen molar-refractivity contribution in [2.75, 3.05) is 0 Å². The van der Waals surface area contributed by atoms with E-state index in [1.807, 2.05) is 44.2 Å². The Kier molecular flexibility index (Phi) is 6.17. The Balaban J connectivity index is 0.00000259. The molecule has 5 nitrogen and oxygen atoms in total. The van der Waals surface area contributed by atoms with Crippen molar-refractivity contribution in [3.05, 3.63) is 96.5 Å². The normalized spacial score (nSPS) is 11.4. The van der Waals surface area contributed by atoms with Gasteiger partial charge in [-0.3, -0.25) is 15.0 Å². The van der Waals surface area contributed by atoms with E-state index in [2.05, 4.69) is 26.0 Å². The molecule has 0 saturated carbocycles. The van der Waals surface area contributed by atoms with Crippen LogP contribution in [0.25, 0.3) is 33.4 Å². The zero-order valence-electron chi connectivity index (χ0n) is 17.7. The molecule has 5 aromatic rings. The predicted octanol–water partition coefficient (Wildman–Crippen LogP) is 5.11. The molecule has 0 aromatic carbocycles. The summed E-state index contributed by atoms with van der Waals surface area (Å²) in [6.45, 7) is 3.98. The van der Waals surface area contributed by atoms with Gasteiger partial charge < -0.3 is 9.97 Å². The van der Waals surface area contributed by atoms with Gasteiger partial charge in [0.05, 0.1) is 5.69 Å². The Morgan fingerprint density at radius 1 is 0.909 bits per heavy atom. The van der Waals surface area contributed by atoms with Gasteiger partial charge in [0, 0.05) is 29.2 Å². The molecule has 0 unspecified atom stereocenters. The molecular formula is C25H17F2N5Pt. The van der Waals surface area contributed by atoms with Crippen LogP contribution in [0.4, 0.5) is 8.78 Å². The number of aromatic nitrogens is 5. The van der Waals surface area contributed by atoms with E-state index in [0.29, 0.717) is 11.4 Å². The van der Waals surface area contributed by atoms with Crippen LogP contribution in [0.5, 0.6) is 0 Å². The van der Waals surface area contributed by atoms with Crippen molar-refractivity contribution in [1.82, 2.24) is 24.9 Å². The number of rotatable bonds is 4. The Hall–Kier alpha value is -3.31. The van der Waals surface area contributed by atoms with Gasteiger partial charge in [-0.1, -0.05) is 29.8 Å². The Morgan fingerprint density at radius 2 is 1.61 bits per heavy atom. The Labute approximate surface area is 203 Å². The van der Waals surface area contributed by atoms with Crippen molar-refractivity contribution in [1.29, 1.82) is 0 Å². The minimum atomic E-state index is -0.949. The maximum Gasteiger partial charge on any atom is 2.00 e. The molecule has 0 atom stereocenters. The summed E-state index contributed by atoms with van der Waals surface area (Å²) >= 11 is 0. The first-order chi connectivity index (χ1) is 15.4. The summed E-state index contributed by atoms with van der Waals surface area (Å²) in [6.07, 6.45) is 5.32. The van der Waals surface area contributed by atoms with Gasteiger partial charge >= 0.3 is 21.1 Å². The van der Waals surface area contributed by atoms with Gasteiger partial charge in [0.1, 0.15) is 11.9 Å². The summed E-state index contributed by atoms with van der Waals surface area (Å²) in [6, 6.07) is 16.5. The molecule has 0 amide bonds. The number of halogens is 2. The smallest absolute Gasteiger partial charge is 0.661 e. The van der Waals surface area contributed by atoms with Crippen LogP contribution in [0.15, 0.2) is 67.1 Å². The van der Waals surface area contributed by atoms with E-state index < -0.39 is 17.3 Å². The molecular weight excluding hydrogens is 603 g/mol. The summed E-state index contributed by atoms with van der Waals surface area (Å²) in [5, 5.41) is 1.94. The fourth-order valence-corrected chi connectivity index (χ4v) is 3.64. The van der Waals surface area contributed by atoms with Crippen molar-refractivity contribution >= 4 is 10.8 Å². The topological polar surface area (TPSA) is 65.7 Å². The largest absolute Gasteiger partial charge is 2.00 e. The number of pyridine rings is 4. The molecule has 0 aliphatic carbocycles.